The van der Waals surface area contributed by atoms with Gasteiger partial charge >= 0.3 is 0 Å². The molecule has 0 aliphatic heterocycles. The molecule has 100 valence electrons. The van der Waals surface area contributed by atoms with E-state index in [9.17, 15) is 4.79 Å². The van der Waals surface area contributed by atoms with Crippen LogP contribution in [0.15, 0.2) is 30.3 Å². The molecule has 2 atom stereocenters. The number of carbonyl (C=O) groups is 1. The van der Waals surface area contributed by atoms with Crippen molar-refractivity contribution in [3.8, 4) is 0 Å². The predicted molar refractivity (Wildman–Crippen MR) is 74.8 cm³/mol. The van der Waals surface area contributed by atoms with Crippen molar-refractivity contribution in [1.82, 2.24) is 16.0 Å². The molecule has 0 aliphatic rings. The van der Waals surface area contributed by atoms with E-state index in [-0.39, 0.29) is 17.9 Å². The highest BCUT2D eigenvalue weighted by atomic mass is 16.1. The lowest BCUT2D eigenvalue weighted by molar-refractivity contribution is -0.122. The Balaban J connectivity index is 2.67. The molecule has 0 aromatic heterocycles. The van der Waals surface area contributed by atoms with Gasteiger partial charge in [0.05, 0.1) is 12.1 Å². The van der Waals surface area contributed by atoms with E-state index in [0.29, 0.717) is 6.54 Å². The molecule has 1 unspecified atom stereocenters. The smallest absolute Gasteiger partial charge is 0.168 e. The molecule has 1 aromatic carbocycles. The van der Waals surface area contributed by atoms with Gasteiger partial charge in [-0.25, -0.2) is 0 Å². The Kier molecular flexibility index (Phi) is 6.57. The van der Waals surface area contributed by atoms with Crippen LogP contribution >= 0.6 is 0 Å². The minimum Gasteiger partial charge on any atom is -0.318 e. The zero-order valence-electron chi connectivity index (χ0n) is 11.4. The summed E-state index contributed by atoms with van der Waals surface area (Å²) in [6.45, 7) is 0.641. The zero-order valence-corrected chi connectivity index (χ0v) is 11.4. The van der Waals surface area contributed by atoms with E-state index in [1.54, 1.807) is 0 Å². The SMILES string of the molecule is CNCC(NC)C(=O)[C@H](Cc1ccccc1)NC. The third-order valence-corrected chi connectivity index (χ3v) is 3.07. The topological polar surface area (TPSA) is 53.2 Å². The number of Topliss-reactive ketones (excluding diaryl/α,β-unsaturated/α-hetero) is 1. The minimum absolute atomic E-state index is 0.154. The fraction of sp³-hybridized carbons (Fsp3) is 0.500. The van der Waals surface area contributed by atoms with Crippen LogP contribution in [0, 0.1) is 0 Å². The van der Waals surface area contributed by atoms with Gasteiger partial charge in [0.15, 0.2) is 5.78 Å². The van der Waals surface area contributed by atoms with Gasteiger partial charge in [-0.3, -0.25) is 4.79 Å². The third kappa shape index (κ3) is 4.22. The normalized spacial score (nSPS) is 14.2. The summed E-state index contributed by atoms with van der Waals surface area (Å²) in [7, 11) is 5.50. The average molecular weight is 249 g/mol. The van der Waals surface area contributed by atoms with E-state index < -0.39 is 0 Å². The predicted octanol–water partition coefficient (Wildman–Crippen LogP) is 0.194. The first kappa shape index (κ1) is 14.8. The quantitative estimate of drug-likeness (QED) is 0.616. The highest BCUT2D eigenvalue weighted by Gasteiger charge is 2.24. The number of benzene rings is 1. The van der Waals surface area contributed by atoms with Crippen LogP contribution in [0.25, 0.3) is 0 Å². The van der Waals surface area contributed by atoms with Crippen molar-refractivity contribution in [3.05, 3.63) is 35.9 Å². The van der Waals surface area contributed by atoms with E-state index in [1.165, 1.54) is 5.56 Å². The first-order valence-corrected chi connectivity index (χ1v) is 6.29. The summed E-state index contributed by atoms with van der Waals surface area (Å²) >= 11 is 0. The van der Waals surface area contributed by atoms with E-state index in [1.807, 2.05) is 51.5 Å². The lowest BCUT2D eigenvalue weighted by Gasteiger charge is -2.21. The fourth-order valence-corrected chi connectivity index (χ4v) is 1.99. The summed E-state index contributed by atoms with van der Waals surface area (Å²) in [5.41, 5.74) is 1.17. The molecule has 1 rings (SSSR count). The monoisotopic (exact) mass is 249 g/mol. The molecule has 0 fully saturated rings. The van der Waals surface area contributed by atoms with Crippen LogP contribution < -0.4 is 16.0 Å². The van der Waals surface area contributed by atoms with Gasteiger partial charge in [-0.1, -0.05) is 30.3 Å². The minimum atomic E-state index is -0.156. The van der Waals surface area contributed by atoms with Crippen LogP contribution in [0.3, 0.4) is 0 Å². The Hall–Kier alpha value is -1.23. The highest BCUT2D eigenvalue weighted by molar-refractivity contribution is 5.89. The van der Waals surface area contributed by atoms with E-state index >= 15 is 0 Å². The molecule has 0 aliphatic carbocycles. The second-order valence-corrected chi connectivity index (χ2v) is 4.33. The maximum atomic E-state index is 12.3. The largest absolute Gasteiger partial charge is 0.318 e. The Morgan fingerprint density at radius 3 is 2.17 bits per heavy atom. The molecule has 0 spiro atoms. The summed E-state index contributed by atoms with van der Waals surface area (Å²) in [5, 5.41) is 9.19. The number of hydrogen-bond acceptors (Lipinski definition) is 4. The number of ketones is 1. The maximum Gasteiger partial charge on any atom is 0.168 e. The molecule has 4 heteroatoms. The number of rotatable bonds is 8. The standard InChI is InChI=1S/C14H23N3O/c1-15-10-13(17-3)14(18)12(16-2)9-11-7-5-4-6-8-11/h4-8,12-13,15-17H,9-10H2,1-3H3/t12-,13?/m0/s1. The fourth-order valence-electron chi connectivity index (χ4n) is 1.99. The van der Waals surface area contributed by atoms with E-state index in [0.717, 1.165) is 6.42 Å². The maximum absolute atomic E-state index is 12.3. The van der Waals surface area contributed by atoms with Crippen molar-refractivity contribution in [2.75, 3.05) is 27.7 Å². The molecule has 4 nitrogen and oxygen atoms in total. The van der Waals surface area contributed by atoms with Crippen molar-refractivity contribution in [1.29, 1.82) is 0 Å². The Morgan fingerprint density at radius 2 is 1.67 bits per heavy atom. The summed E-state index contributed by atoms with van der Waals surface area (Å²) < 4.78 is 0. The molecule has 1 aromatic rings. The van der Waals surface area contributed by atoms with E-state index in [2.05, 4.69) is 16.0 Å². The highest BCUT2D eigenvalue weighted by Crippen LogP contribution is 2.05. The summed E-state index contributed by atoms with van der Waals surface area (Å²) in [6, 6.07) is 9.76. The van der Waals surface area contributed by atoms with E-state index in [4.69, 9.17) is 0 Å². The first-order chi connectivity index (χ1) is 8.72. The van der Waals surface area contributed by atoms with Gasteiger partial charge < -0.3 is 16.0 Å². The van der Waals surface area contributed by atoms with Crippen molar-refractivity contribution in [3.63, 3.8) is 0 Å². The number of carbonyl (C=O) groups excluding carboxylic acids is 1. The van der Waals surface area contributed by atoms with Gasteiger partial charge in [-0.05, 0) is 33.1 Å². The van der Waals surface area contributed by atoms with Crippen LogP contribution in [-0.4, -0.2) is 45.6 Å². The van der Waals surface area contributed by atoms with Crippen molar-refractivity contribution in [2.24, 2.45) is 0 Å². The van der Waals surface area contributed by atoms with Gasteiger partial charge in [-0.15, -0.1) is 0 Å². The number of hydrogen-bond donors (Lipinski definition) is 3. The number of likely N-dealkylation sites (N-methyl/N-ethyl adjacent to an activating group) is 3. The molecule has 0 bridgehead atoms. The van der Waals surface area contributed by atoms with Gasteiger partial charge in [0.1, 0.15) is 0 Å². The molecule has 0 saturated carbocycles. The second kappa shape index (κ2) is 7.97. The zero-order chi connectivity index (χ0) is 13.4. The Labute approximate surface area is 109 Å². The summed E-state index contributed by atoms with van der Waals surface area (Å²) in [5.74, 6) is 0.193. The van der Waals surface area contributed by atoms with Crippen LogP contribution in [0.4, 0.5) is 0 Å². The van der Waals surface area contributed by atoms with Crippen LogP contribution in [0.2, 0.25) is 0 Å². The van der Waals surface area contributed by atoms with Crippen molar-refractivity contribution < 1.29 is 4.79 Å². The second-order valence-electron chi connectivity index (χ2n) is 4.33. The molecular formula is C14H23N3O. The summed E-state index contributed by atoms with van der Waals surface area (Å²) in [6.07, 6.45) is 0.720. The van der Waals surface area contributed by atoms with Gasteiger partial charge in [0.2, 0.25) is 0 Å². The van der Waals surface area contributed by atoms with Crippen LogP contribution in [0.5, 0.6) is 0 Å². The first-order valence-electron chi connectivity index (χ1n) is 6.29. The molecule has 0 saturated heterocycles. The van der Waals surface area contributed by atoms with Gasteiger partial charge in [0, 0.05) is 6.54 Å². The average Bonchev–Trinajstić information content (AvgIpc) is 2.42. The van der Waals surface area contributed by atoms with Gasteiger partial charge in [-0.2, -0.15) is 0 Å². The third-order valence-electron chi connectivity index (χ3n) is 3.07. The molecule has 3 N–H and O–H groups in total. The lowest BCUT2D eigenvalue weighted by atomic mass is 9.98. The van der Waals surface area contributed by atoms with Crippen LogP contribution in [0.1, 0.15) is 5.56 Å². The lowest BCUT2D eigenvalue weighted by Crippen LogP contribution is -2.51. The molecular weight excluding hydrogens is 226 g/mol. The molecule has 18 heavy (non-hydrogen) atoms. The van der Waals surface area contributed by atoms with Crippen molar-refractivity contribution >= 4 is 5.78 Å². The van der Waals surface area contributed by atoms with Crippen LogP contribution in [-0.2, 0) is 11.2 Å². The van der Waals surface area contributed by atoms with Gasteiger partial charge in [0.25, 0.3) is 0 Å². The Morgan fingerprint density at radius 1 is 1.06 bits per heavy atom. The molecule has 0 radical (unpaired) electrons. The summed E-state index contributed by atoms with van der Waals surface area (Å²) in [4.78, 5) is 12.3. The molecule has 0 heterocycles. The Bertz CT molecular complexity index is 353. The number of nitrogens with one attached hydrogen (secondary N) is 3. The molecule has 0 amide bonds. The van der Waals surface area contributed by atoms with Crippen molar-refractivity contribution in [2.45, 2.75) is 18.5 Å².